The Kier molecular flexibility index (Phi) is 7.06. The molecule has 9 heteroatoms. The van der Waals surface area contributed by atoms with E-state index in [9.17, 15) is 9.59 Å². The first kappa shape index (κ1) is 27.7. The second-order valence-corrected chi connectivity index (χ2v) is 13.3. The van der Waals surface area contributed by atoms with Crippen molar-refractivity contribution in [1.82, 2.24) is 9.80 Å². The number of nitrogens with zero attached hydrogens (tertiary/aromatic N) is 2. The van der Waals surface area contributed by atoms with Gasteiger partial charge in [-0.1, -0.05) is 60.7 Å². The maximum atomic E-state index is 13.6. The van der Waals surface area contributed by atoms with Gasteiger partial charge in [0.1, 0.15) is 48.5 Å². The monoisotopic (exact) mass is 588 g/mol. The topological polar surface area (TPSA) is 93.4 Å². The van der Waals surface area contributed by atoms with Crippen LogP contribution in [0.1, 0.15) is 48.6 Å². The van der Waals surface area contributed by atoms with E-state index in [1.54, 1.807) is 0 Å². The number of carbonyl (C=O) groups excluding carboxylic acids is 2. The molecule has 0 aromatic heterocycles. The van der Waals surface area contributed by atoms with Crippen LogP contribution in [0.25, 0.3) is 0 Å². The van der Waals surface area contributed by atoms with Crippen LogP contribution in [0.15, 0.2) is 60.7 Å². The maximum Gasteiger partial charge on any atom is 0.316 e. The van der Waals surface area contributed by atoms with Crippen molar-refractivity contribution in [2.75, 3.05) is 27.3 Å². The third kappa shape index (κ3) is 5.09. The summed E-state index contributed by atoms with van der Waals surface area (Å²) in [6, 6.07) is 20.5. The second kappa shape index (κ2) is 11.0. The summed E-state index contributed by atoms with van der Waals surface area (Å²) in [6.07, 6.45) is 4.02. The summed E-state index contributed by atoms with van der Waals surface area (Å²) in [5.74, 6) is -1.74. The third-order valence-electron chi connectivity index (χ3n) is 10.9. The van der Waals surface area contributed by atoms with Crippen LogP contribution in [-0.4, -0.2) is 110 Å². The zero-order chi connectivity index (χ0) is 29.2. The van der Waals surface area contributed by atoms with Gasteiger partial charge < -0.3 is 23.7 Å². The van der Waals surface area contributed by atoms with E-state index in [4.69, 9.17) is 23.7 Å². The Labute approximate surface area is 252 Å². The van der Waals surface area contributed by atoms with Crippen molar-refractivity contribution < 1.29 is 33.3 Å². The molecule has 0 aliphatic carbocycles. The molecule has 6 aliphatic rings. The van der Waals surface area contributed by atoms with Gasteiger partial charge in [-0.05, 0) is 25.2 Å². The number of morpholine rings is 2. The van der Waals surface area contributed by atoms with Gasteiger partial charge >= 0.3 is 11.9 Å². The fourth-order valence-corrected chi connectivity index (χ4v) is 8.36. The molecule has 2 aromatic rings. The molecule has 0 spiro atoms. The van der Waals surface area contributed by atoms with Gasteiger partial charge in [0, 0.05) is 49.9 Å². The van der Waals surface area contributed by atoms with Crippen molar-refractivity contribution >= 4 is 11.9 Å². The Morgan fingerprint density at radius 3 is 1.35 bits per heavy atom. The van der Waals surface area contributed by atoms with Crippen LogP contribution in [-0.2, 0) is 33.3 Å². The molecular weight excluding hydrogens is 548 g/mol. The normalized spacial score (nSPS) is 38.5. The molecule has 228 valence electrons. The molecule has 2 unspecified atom stereocenters. The van der Waals surface area contributed by atoms with Crippen LogP contribution in [0.4, 0.5) is 0 Å². The molecular formula is C34H40N2O7. The van der Waals surface area contributed by atoms with Crippen LogP contribution >= 0.6 is 0 Å². The summed E-state index contributed by atoms with van der Waals surface area (Å²) in [4.78, 5) is 32.0. The average Bonchev–Trinajstić information content (AvgIpc) is 3.92. The summed E-state index contributed by atoms with van der Waals surface area (Å²) in [5.41, 5.74) is 1.69. The van der Waals surface area contributed by atoms with Crippen LogP contribution in [0.5, 0.6) is 0 Å². The molecule has 6 aliphatic heterocycles. The molecule has 0 amide bonds. The lowest BCUT2D eigenvalue weighted by atomic mass is 9.97. The summed E-state index contributed by atoms with van der Waals surface area (Å²) in [7, 11) is 4.29. The van der Waals surface area contributed by atoms with Gasteiger partial charge in [-0.2, -0.15) is 0 Å². The standard InChI is InChI=1S/C34H40N2O7/c1-35-25-13-21(14-26(35)30-29(25)42-30)40-33(37)23(19-9-5-3-6-10-19)17-39-18-24(20-11-7-4-8-12-20)34(38)41-22-15-27-31-32(43-31)28(16-22)36(27)2/h3-12,21-32H,13-18H2,1-2H3/t21?,22?,23-,24-,25-,26+,27-,28+,29-,30+,31-,32+/m1/s1. The van der Waals surface area contributed by atoms with Crippen molar-refractivity contribution in [2.24, 2.45) is 0 Å². The number of piperidine rings is 2. The predicted octanol–water partition coefficient (Wildman–Crippen LogP) is 2.88. The first-order valence-corrected chi connectivity index (χ1v) is 15.8. The van der Waals surface area contributed by atoms with Gasteiger partial charge in [0.15, 0.2) is 0 Å². The van der Waals surface area contributed by atoms with Crippen molar-refractivity contribution in [3.05, 3.63) is 71.8 Å². The molecule has 43 heavy (non-hydrogen) atoms. The fraction of sp³-hybridized carbons (Fsp3) is 0.588. The zero-order valence-electron chi connectivity index (χ0n) is 24.7. The zero-order valence-corrected chi connectivity index (χ0v) is 24.7. The van der Waals surface area contributed by atoms with E-state index in [-0.39, 0.29) is 61.8 Å². The molecule has 6 heterocycles. The Morgan fingerprint density at radius 2 is 1.00 bits per heavy atom. The van der Waals surface area contributed by atoms with E-state index in [0.717, 1.165) is 36.8 Å². The first-order chi connectivity index (χ1) is 21.0. The van der Waals surface area contributed by atoms with Gasteiger partial charge in [0.25, 0.3) is 0 Å². The minimum Gasteiger partial charge on any atom is -0.462 e. The first-order valence-electron chi connectivity index (χ1n) is 15.8. The van der Waals surface area contributed by atoms with Crippen LogP contribution in [0, 0.1) is 0 Å². The Hall–Kier alpha value is -2.82. The smallest absolute Gasteiger partial charge is 0.316 e. The van der Waals surface area contributed by atoms with Gasteiger partial charge in [-0.25, -0.2) is 0 Å². The highest BCUT2D eigenvalue weighted by Gasteiger charge is 2.64. The number of likely N-dealkylation sites (N-methyl/N-ethyl adjacent to an activating group) is 2. The summed E-state index contributed by atoms with van der Waals surface area (Å²) < 4.78 is 30.1. The van der Waals surface area contributed by atoms with Crippen LogP contribution < -0.4 is 0 Å². The lowest BCUT2D eigenvalue weighted by molar-refractivity contribution is -0.158. The Bertz CT molecular complexity index is 1210. The summed E-state index contributed by atoms with van der Waals surface area (Å²) in [5, 5.41) is 0. The molecule has 2 aromatic carbocycles. The summed E-state index contributed by atoms with van der Waals surface area (Å²) >= 11 is 0. The van der Waals surface area contributed by atoms with Gasteiger partial charge in [-0.15, -0.1) is 0 Å². The Balaban J connectivity index is 0.928. The van der Waals surface area contributed by atoms with Crippen molar-refractivity contribution in [1.29, 1.82) is 0 Å². The van der Waals surface area contributed by atoms with Crippen molar-refractivity contribution in [3.63, 3.8) is 0 Å². The molecule has 4 bridgehead atoms. The lowest BCUT2D eigenvalue weighted by Crippen LogP contribution is -2.48. The van der Waals surface area contributed by atoms with Gasteiger partial charge in [0.05, 0.1) is 13.2 Å². The second-order valence-electron chi connectivity index (χ2n) is 13.3. The SMILES string of the molecule is CN1[C@@H]2CC(OC(=O)[C@H](COC[C@@H](C(=O)OC3C[C@@H]4[C@H]5O[C@H]5[C@H](C3)N4C)c3ccccc3)c3ccccc3)C[C@H]1[C@@H]1O[C@@H]12. The number of ether oxygens (including phenoxy) is 5. The third-order valence-corrected chi connectivity index (χ3v) is 10.9. The molecule has 6 fully saturated rings. The lowest BCUT2D eigenvalue weighted by Gasteiger charge is -2.38. The number of fused-ring (bicyclic) bond motifs is 10. The fourth-order valence-electron chi connectivity index (χ4n) is 8.36. The largest absolute Gasteiger partial charge is 0.462 e. The highest BCUT2D eigenvalue weighted by atomic mass is 16.6. The number of hydrogen-bond donors (Lipinski definition) is 0. The summed E-state index contributed by atoms with van der Waals surface area (Å²) in [6.45, 7) is 0.235. The van der Waals surface area contributed by atoms with Crippen molar-refractivity contribution in [2.45, 2.75) is 98.3 Å². The van der Waals surface area contributed by atoms with E-state index < -0.39 is 11.8 Å². The van der Waals surface area contributed by atoms with E-state index in [1.807, 2.05) is 60.7 Å². The molecule has 0 N–H and O–H groups in total. The maximum absolute atomic E-state index is 13.6. The van der Waals surface area contributed by atoms with E-state index in [2.05, 4.69) is 23.9 Å². The molecule has 0 radical (unpaired) electrons. The molecule has 12 atom stereocenters. The van der Waals surface area contributed by atoms with Gasteiger partial charge in [-0.3, -0.25) is 19.4 Å². The molecule has 8 rings (SSSR count). The number of epoxide rings is 2. The molecule has 6 saturated heterocycles. The number of esters is 2. The van der Waals surface area contributed by atoms with Crippen molar-refractivity contribution in [3.8, 4) is 0 Å². The highest BCUT2D eigenvalue weighted by Crippen LogP contribution is 2.49. The minimum atomic E-state index is -0.590. The molecule has 0 saturated carbocycles. The molecule has 9 nitrogen and oxygen atoms in total. The quantitative estimate of drug-likeness (QED) is 0.307. The van der Waals surface area contributed by atoms with Crippen LogP contribution in [0.2, 0.25) is 0 Å². The highest BCUT2D eigenvalue weighted by molar-refractivity contribution is 5.79. The average molecular weight is 589 g/mol. The predicted molar refractivity (Wildman–Crippen MR) is 155 cm³/mol. The van der Waals surface area contributed by atoms with E-state index in [0.29, 0.717) is 24.2 Å². The van der Waals surface area contributed by atoms with Gasteiger partial charge in [0.2, 0.25) is 0 Å². The number of benzene rings is 2. The van der Waals surface area contributed by atoms with E-state index >= 15 is 0 Å². The van der Waals surface area contributed by atoms with Crippen LogP contribution in [0.3, 0.4) is 0 Å². The number of rotatable bonds is 10. The number of carbonyl (C=O) groups is 2. The number of hydrogen-bond acceptors (Lipinski definition) is 9. The Morgan fingerprint density at radius 1 is 0.651 bits per heavy atom. The minimum absolute atomic E-state index is 0.117. The van der Waals surface area contributed by atoms with E-state index in [1.165, 1.54) is 0 Å².